The van der Waals surface area contributed by atoms with E-state index in [4.69, 9.17) is 0 Å². The minimum Gasteiger partial charge on any atom is -0.322 e. The Kier molecular flexibility index (Phi) is 2.23. The lowest BCUT2D eigenvalue weighted by molar-refractivity contribution is 0.567. The molecule has 1 aliphatic heterocycles. The Labute approximate surface area is 80.3 Å². The minimum atomic E-state index is -1.93. The predicted molar refractivity (Wildman–Crippen MR) is 57.9 cm³/mol. The fourth-order valence-electron chi connectivity index (χ4n) is 2.35. The van der Waals surface area contributed by atoms with Crippen LogP contribution in [0.1, 0.15) is 26.2 Å². The average Bonchev–Trinajstić information content (AvgIpc) is 2.55. The molecule has 0 aromatic heterocycles. The smallest absolute Gasteiger partial charge is 0.100 e. The molecule has 1 heterocycles. The van der Waals surface area contributed by atoms with Crippen LogP contribution in [0.15, 0.2) is 24.3 Å². The molecular formula is C11H17OP. The SMILES string of the molecule is CC1(P2(=O)CCCC2)C=CCC=C1. The molecule has 0 spiro atoms. The molecular weight excluding hydrogens is 179 g/mol. The molecule has 0 aromatic carbocycles. The van der Waals surface area contributed by atoms with Crippen molar-refractivity contribution in [2.24, 2.45) is 0 Å². The largest absolute Gasteiger partial charge is 0.322 e. The van der Waals surface area contributed by atoms with Crippen molar-refractivity contribution in [2.45, 2.75) is 31.3 Å². The molecule has 1 fully saturated rings. The Bertz CT molecular complexity index is 279. The first-order valence-corrected chi connectivity index (χ1v) is 7.18. The average molecular weight is 196 g/mol. The highest BCUT2D eigenvalue weighted by Crippen LogP contribution is 2.64. The van der Waals surface area contributed by atoms with Gasteiger partial charge in [0.05, 0.1) is 5.16 Å². The van der Waals surface area contributed by atoms with Crippen LogP contribution < -0.4 is 0 Å². The van der Waals surface area contributed by atoms with E-state index in [1.54, 1.807) is 0 Å². The lowest BCUT2D eigenvalue weighted by atomic mass is 10.1. The molecule has 0 bridgehead atoms. The molecule has 0 amide bonds. The summed E-state index contributed by atoms with van der Waals surface area (Å²) < 4.78 is 12.6. The van der Waals surface area contributed by atoms with E-state index in [9.17, 15) is 4.57 Å². The molecule has 0 aromatic rings. The second-order valence-electron chi connectivity index (χ2n) is 4.31. The van der Waals surface area contributed by atoms with Crippen molar-refractivity contribution >= 4 is 7.14 Å². The van der Waals surface area contributed by atoms with Crippen LogP contribution in [-0.4, -0.2) is 17.5 Å². The topological polar surface area (TPSA) is 17.1 Å². The van der Waals surface area contributed by atoms with Gasteiger partial charge in [0.15, 0.2) is 0 Å². The highest BCUT2D eigenvalue weighted by molar-refractivity contribution is 7.66. The van der Waals surface area contributed by atoms with Gasteiger partial charge in [-0.05, 0) is 26.2 Å². The first kappa shape index (κ1) is 9.27. The van der Waals surface area contributed by atoms with Crippen molar-refractivity contribution in [3.8, 4) is 0 Å². The van der Waals surface area contributed by atoms with Crippen LogP contribution in [0.25, 0.3) is 0 Å². The molecule has 13 heavy (non-hydrogen) atoms. The summed E-state index contributed by atoms with van der Waals surface area (Å²) in [5.74, 6) is 0. The Hall–Kier alpha value is -0.290. The fraction of sp³-hybridized carbons (Fsp3) is 0.636. The summed E-state index contributed by atoms with van der Waals surface area (Å²) in [4.78, 5) is 0. The van der Waals surface area contributed by atoms with Gasteiger partial charge in [-0.25, -0.2) is 0 Å². The molecule has 0 saturated carbocycles. The maximum Gasteiger partial charge on any atom is 0.100 e. The minimum absolute atomic E-state index is 0.109. The maximum atomic E-state index is 12.6. The summed E-state index contributed by atoms with van der Waals surface area (Å²) in [6.07, 6.45) is 13.9. The summed E-state index contributed by atoms with van der Waals surface area (Å²) in [5.41, 5.74) is 0. The quantitative estimate of drug-likeness (QED) is 0.464. The molecule has 2 heteroatoms. The van der Waals surface area contributed by atoms with Gasteiger partial charge in [0.25, 0.3) is 0 Å². The summed E-state index contributed by atoms with van der Waals surface area (Å²) in [5, 5.41) is -0.109. The van der Waals surface area contributed by atoms with Gasteiger partial charge in [0.2, 0.25) is 0 Å². The lowest BCUT2D eigenvalue weighted by Gasteiger charge is -2.31. The van der Waals surface area contributed by atoms with E-state index in [0.717, 1.165) is 31.6 Å². The third-order valence-electron chi connectivity index (χ3n) is 3.35. The summed E-state index contributed by atoms with van der Waals surface area (Å²) in [6.45, 7) is 2.13. The normalized spacial score (nSPS) is 29.3. The Balaban J connectivity index is 2.32. The Morgan fingerprint density at radius 2 is 1.69 bits per heavy atom. The van der Waals surface area contributed by atoms with E-state index in [0.29, 0.717) is 0 Å². The number of allylic oxidation sites excluding steroid dienone is 4. The summed E-state index contributed by atoms with van der Waals surface area (Å²) in [7, 11) is -1.93. The van der Waals surface area contributed by atoms with E-state index in [-0.39, 0.29) is 5.16 Å². The second kappa shape index (κ2) is 3.13. The lowest BCUT2D eigenvalue weighted by Crippen LogP contribution is -2.21. The fourth-order valence-corrected chi connectivity index (χ4v) is 5.76. The number of hydrogen-bond donors (Lipinski definition) is 0. The zero-order chi connectivity index (χ0) is 9.36. The van der Waals surface area contributed by atoms with Crippen molar-refractivity contribution in [3.63, 3.8) is 0 Å². The number of rotatable bonds is 1. The van der Waals surface area contributed by atoms with Crippen molar-refractivity contribution < 1.29 is 4.57 Å². The summed E-state index contributed by atoms with van der Waals surface area (Å²) in [6, 6.07) is 0. The highest BCUT2D eigenvalue weighted by Gasteiger charge is 2.42. The van der Waals surface area contributed by atoms with E-state index in [1.165, 1.54) is 0 Å². The molecule has 0 atom stereocenters. The molecule has 2 aliphatic rings. The molecule has 0 radical (unpaired) electrons. The van der Waals surface area contributed by atoms with Gasteiger partial charge in [0, 0.05) is 12.3 Å². The van der Waals surface area contributed by atoms with Gasteiger partial charge in [-0.1, -0.05) is 24.3 Å². The summed E-state index contributed by atoms with van der Waals surface area (Å²) >= 11 is 0. The van der Waals surface area contributed by atoms with Crippen molar-refractivity contribution in [1.29, 1.82) is 0 Å². The molecule has 0 N–H and O–H groups in total. The van der Waals surface area contributed by atoms with E-state index < -0.39 is 7.14 Å². The first-order chi connectivity index (χ1) is 6.16. The molecule has 2 rings (SSSR count). The second-order valence-corrected chi connectivity index (χ2v) is 7.95. The Morgan fingerprint density at radius 3 is 2.23 bits per heavy atom. The van der Waals surface area contributed by atoms with Crippen LogP contribution >= 0.6 is 7.14 Å². The third kappa shape index (κ3) is 1.44. The van der Waals surface area contributed by atoms with Crippen LogP contribution in [0.2, 0.25) is 0 Å². The molecule has 0 unspecified atom stereocenters. The van der Waals surface area contributed by atoms with Gasteiger partial charge in [-0.2, -0.15) is 0 Å². The molecule has 1 saturated heterocycles. The predicted octanol–water partition coefficient (Wildman–Crippen LogP) is 3.42. The van der Waals surface area contributed by atoms with Crippen LogP contribution in [-0.2, 0) is 4.57 Å². The van der Waals surface area contributed by atoms with Crippen molar-refractivity contribution in [3.05, 3.63) is 24.3 Å². The van der Waals surface area contributed by atoms with Gasteiger partial charge in [0.1, 0.15) is 7.14 Å². The van der Waals surface area contributed by atoms with Crippen LogP contribution in [0, 0.1) is 0 Å². The van der Waals surface area contributed by atoms with E-state index in [2.05, 4.69) is 31.2 Å². The zero-order valence-corrected chi connectivity index (χ0v) is 9.09. The van der Waals surface area contributed by atoms with Gasteiger partial charge in [-0.3, -0.25) is 0 Å². The molecule has 1 nitrogen and oxygen atoms in total. The van der Waals surface area contributed by atoms with Crippen molar-refractivity contribution in [1.82, 2.24) is 0 Å². The van der Waals surface area contributed by atoms with Gasteiger partial charge >= 0.3 is 0 Å². The zero-order valence-electron chi connectivity index (χ0n) is 8.20. The molecule has 72 valence electrons. The van der Waals surface area contributed by atoms with Gasteiger partial charge in [-0.15, -0.1) is 0 Å². The first-order valence-electron chi connectivity index (χ1n) is 5.10. The number of hydrogen-bond acceptors (Lipinski definition) is 1. The van der Waals surface area contributed by atoms with Crippen LogP contribution in [0.5, 0.6) is 0 Å². The highest BCUT2D eigenvalue weighted by atomic mass is 31.2. The van der Waals surface area contributed by atoms with Crippen molar-refractivity contribution in [2.75, 3.05) is 12.3 Å². The Morgan fingerprint density at radius 1 is 1.15 bits per heavy atom. The monoisotopic (exact) mass is 196 g/mol. The maximum absolute atomic E-state index is 12.6. The van der Waals surface area contributed by atoms with E-state index >= 15 is 0 Å². The standard InChI is InChI=1S/C11H17OP/c1-11(7-3-2-4-8-11)13(12)9-5-6-10-13/h3-4,7-8H,2,5-6,9-10H2,1H3. The van der Waals surface area contributed by atoms with E-state index in [1.807, 2.05) is 0 Å². The van der Waals surface area contributed by atoms with Gasteiger partial charge < -0.3 is 4.57 Å². The van der Waals surface area contributed by atoms with Crippen LogP contribution in [0.3, 0.4) is 0 Å². The van der Waals surface area contributed by atoms with Crippen LogP contribution in [0.4, 0.5) is 0 Å². The third-order valence-corrected chi connectivity index (χ3v) is 7.48. The molecule has 1 aliphatic carbocycles.